The van der Waals surface area contributed by atoms with Crippen LogP contribution in [0.15, 0.2) is 42.1 Å². The third kappa shape index (κ3) is 5.91. The van der Waals surface area contributed by atoms with E-state index in [0.29, 0.717) is 13.1 Å². The molecule has 5 nitrogen and oxygen atoms in total. The summed E-state index contributed by atoms with van der Waals surface area (Å²) in [5, 5.41) is 9.35. The van der Waals surface area contributed by atoms with E-state index in [9.17, 15) is 10.1 Å². The van der Waals surface area contributed by atoms with Gasteiger partial charge in [0, 0.05) is 52.5 Å². The number of nitrogens with zero attached hydrogens (tertiary/aromatic N) is 4. The monoisotopic (exact) mass is 340 g/mol. The number of carbonyl (C=O) groups is 1. The Labute approximate surface area is 151 Å². The number of rotatable bonds is 7. The summed E-state index contributed by atoms with van der Waals surface area (Å²) in [6.07, 6.45) is 3.84. The van der Waals surface area contributed by atoms with Gasteiger partial charge in [-0.2, -0.15) is 5.26 Å². The molecule has 1 aliphatic heterocycles. The lowest BCUT2D eigenvalue weighted by Crippen LogP contribution is -2.48. The highest BCUT2D eigenvalue weighted by atomic mass is 16.2. The normalized spacial score (nSPS) is 15.7. The summed E-state index contributed by atoms with van der Waals surface area (Å²) in [5.74, 6) is -0.148. The Kier molecular flexibility index (Phi) is 7.49. The van der Waals surface area contributed by atoms with E-state index in [4.69, 9.17) is 0 Å². The maximum absolute atomic E-state index is 12.6. The van der Waals surface area contributed by atoms with Crippen molar-refractivity contribution in [2.45, 2.75) is 26.3 Å². The van der Waals surface area contributed by atoms with Crippen molar-refractivity contribution >= 4 is 5.91 Å². The Morgan fingerprint density at radius 2 is 1.92 bits per heavy atom. The summed E-state index contributed by atoms with van der Waals surface area (Å²) < 4.78 is 0. The minimum Gasteiger partial charge on any atom is -0.379 e. The molecule has 1 heterocycles. The van der Waals surface area contributed by atoms with Gasteiger partial charge in [0.1, 0.15) is 11.6 Å². The van der Waals surface area contributed by atoms with Crippen LogP contribution >= 0.6 is 0 Å². The third-order valence-corrected chi connectivity index (χ3v) is 4.47. The van der Waals surface area contributed by atoms with Crippen molar-refractivity contribution in [1.82, 2.24) is 14.7 Å². The highest BCUT2D eigenvalue weighted by Crippen LogP contribution is 2.11. The van der Waals surface area contributed by atoms with Crippen LogP contribution in [0, 0.1) is 11.3 Å². The van der Waals surface area contributed by atoms with E-state index in [-0.39, 0.29) is 11.5 Å². The number of unbranched alkanes of at least 4 members (excludes halogenated alkanes) is 1. The smallest absolute Gasteiger partial charge is 0.266 e. The molecule has 2 rings (SSSR count). The van der Waals surface area contributed by atoms with Crippen LogP contribution in [-0.2, 0) is 11.3 Å². The van der Waals surface area contributed by atoms with Gasteiger partial charge in [-0.1, -0.05) is 43.7 Å². The van der Waals surface area contributed by atoms with E-state index in [2.05, 4.69) is 30.0 Å². The highest BCUT2D eigenvalue weighted by molar-refractivity contribution is 5.97. The standard InChI is InChI=1S/C20H28N4O/c1-3-4-10-22(2)17-19(15-21)20(25)24-13-11-23(12-14-24)16-18-8-6-5-7-9-18/h5-9,17H,3-4,10-14,16H2,1-2H3/b19-17-. The zero-order chi connectivity index (χ0) is 18.1. The molecule has 1 aromatic carbocycles. The summed E-state index contributed by atoms with van der Waals surface area (Å²) in [5.41, 5.74) is 1.52. The molecule has 0 saturated carbocycles. The molecule has 5 heteroatoms. The number of hydrogen-bond acceptors (Lipinski definition) is 4. The fraction of sp³-hybridized carbons (Fsp3) is 0.500. The predicted molar refractivity (Wildman–Crippen MR) is 99.5 cm³/mol. The Balaban J connectivity index is 1.87. The first-order chi connectivity index (χ1) is 12.1. The van der Waals surface area contributed by atoms with E-state index in [1.165, 1.54) is 5.56 Å². The van der Waals surface area contributed by atoms with Gasteiger partial charge in [-0.05, 0) is 12.0 Å². The summed E-state index contributed by atoms with van der Waals surface area (Å²) in [6, 6.07) is 12.4. The van der Waals surface area contributed by atoms with Crippen LogP contribution < -0.4 is 0 Å². The molecule has 0 N–H and O–H groups in total. The molecule has 1 saturated heterocycles. The number of benzene rings is 1. The molecule has 0 aromatic heterocycles. The SMILES string of the molecule is CCCCN(C)/C=C(/C#N)C(=O)N1CCN(Cc2ccccc2)CC1. The van der Waals surface area contributed by atoms with Gasteiger partial charge in [0.15, 0.2) is 0 Å². The second kappa shape index (κ2) is 9.85. The molecule has 1 fully saturated rings. The molecule has 0 radical (unpaired) electrons. The van der Waals surface area contributed by atoms with E-state index in [1.807, 2.05) is 30.1 Å². The van der Waals surface area contributed by atoms with Gasteiger partial charge in [-0.3, -0.25) is 9.69 Å². The molecule has 1 aromatic rings. The molecule has 0 aliphatic carbocycles. The van der Waals surface area contributed by atoms with Gasteiger partial charge in [0.2, 0.25) is 0 Å². The molecule has 1 aliphatic rings. The van der Waals surface area contributed by atoms with E-state index in [1.54, 1.807) is 11.1 Å². The van der Waals surface area contributed by atoms with Crippen LogP contribution in [0.5, 0.6) is 0 Å². The van der Waals surface area contributed by atoms with E-state index < -0.39 is 0 Å². The molecule has 1 amide bonds. The van der Waals surface area contributed by atoms with Gasteiger partial charge >= 0.3 is 0 Å². The van der Waals surface area contributed by atoms with Gasteiger partial charge < -0.3 is 9.80 Å². The molecule has 0 atom stereocenters. The quantitative estimate of drug-likeness (QED) is 0.565. The number of piperazine rings is 1. The maximum atomic E-state index is 12.6. The maximum Gasteiger partial charge on any atom is 0.266 e. The molecule has 0 spiro atoms. The first-order valence-electron chi connectivity index (χ1n) is 9.01. The van der Waals surface area contributed by atoms with Crippen LogP contribution in [0.25, 0.3) is 0 Å². The first kappa shape index (κ1) is 19.0. The molecule has 0 bridgehead atoms. The van der Waals surface area contributed by atoms with Gasteiger partial charge in [-0.15, -0.1) is 0 Å². The van der Waals surface area contributed by atoms with Crippen molar-refractivity contribution in [3.05, 3.63) is 47.7 Å². The van der Waals surface area contributed by atoms with Gasteiger partial charge in [0.25, 0.3) is 5.91 Å². The number of carbonyl (C=O) groups excluding carboxylic acids is 1. The zero-order valence-corrected chi connectivity index (χ0v) is 15.3. The van der Waals surface area contributed by atoms with Crippen molar-refractivity contribution in [2.24, 2.45) is 0 Å². The second-order valence-corrected chi connectivity index (χ2v) is 6.54. The van der Waals surface area contributed by atoms with Crippen LogP contribution in [0.3, 0.4) is 0 Å². The Morgan fingerprint density at radius 1 is 1.24 bits per heavy atom. The minimum atomic E-state index is -0.148. The van der Waals surface area contributed by atoms with Crippen molar-refractivity contribution in [1.29, 1.82) is 5.26 Å². The average Bonchev–Trinajstić information content (AvgIpc) is 2.65. The van der Waals surface area contributed by atoms with Crippen molar-refractivity contribution in [2.75, 3.05) is 39.8 Å². The topological polar surface area (TPSA) is 50.6 Å². The summed E-state index contributed by atoms with van der Waals surface area (Å²) in [6.45, 7) is 6.91. The largest absolute Gasteiger partial charge is 0.379 e. The lowest BCUT2D eigenvalue weighted by atomic mass is 10.2. The zero-order valence-electron chi connectivity index (χ0n) is 15.3. The van der Waals surface area contributed by atoms with Crippen LogP contribution in [0.4, 0.5) is 0 Å². The van der Waals surface area contributed by atoms with Crippen molar-refractivity contribution in [3.63, 3.8) is 0 Å². The fourth-order valence-electron chi connectivity index (χ4n) is 2.95. The van der Waals surface area contributed by atoms with Crippen LogP contribution in [-0.4, -0.2) is 60.4 Å². The summed E-state index contributed by atoms with van der Waals surface area (Å²) >= 11 is 0. The number of nitriles is 1. The van der Waals surface area contributed by atoms with Crippen molar-refractivity contribution in [3.8, 4) is 6.07 Å². The van der Waals surface area contributed by atoms with Crippen LogP contribution in [0.1, 0.15) is 25.3 Å². The summed E-state index contributed by atoms with van der Waals surface area (Å²) in [7, 11) is 1.91. The van der Waals surface area contributed by atoms with E-state index in [0.717, 1.165) is 39.0 Å². The molecule has 25 heavy (non-hydrogen) atoms. The Hall–Kier alpha value is -2.32. The van der Waals surface area contributed by atoms with Crippen LogP contribution in [0.2, 0.25) is 0 Å². The number of hydrogen-bond donors (Lipinski definition) is 0. The molecular formula is C20H28N4O. The molecule has 134 valence electrons. The molecular weight excluding hydrogens is 312 g/mol. The van der Waals surface area contributed by atoms with E-state index >= 15 is 0 Å². The fourth-order valence-corrected chi connectivity index (χ4v) is 2.95. The average molecular weight is 340 g/mol. The first-order valence-corrected chi connectivity index (χ1v) is 9.01. The van der Waals surface area contributed by atoms with Gasteiger partial charge in [-0.25, -0.2) is 0 Å². The highest BCUT2D eigenvalue weighted by Gasteiger charge is 2.23. The minimum absolute atomic E-state index is 0.148. The third-order valence-electron chi connectivity index (χ3n) is 4.47. The lowest BCUT2D eigenvalue weighted by molar-refractivity contribution is -0.128. The lowest BCUT2D eigenvalue weighted by Gasteiger charge is -2.34. The Bertz CT molecular complexity index is 612. The predicted octanol–water partition coefficient (Wildman–Crippen LogP) is 2.47. The second-order valence-electron chi connectivity index (χ2n) is 6.54. The molecule has 0 unspecified atom stereocenters. The van der Waals surface area contributed by atoms with Crippen molar-refractivity contribution < 1.29 is 4.79 Å². The Morgan fingerprint density at radius 3 is 2.52 bits per heavy atom. The number of amides is 1. The summed E-state index contributed by atoms with van der Waals surface area (Å²) in [4.78, 5) is 18.7. The van der Waals surface area contributed by atoms with Gasteiger partial charge in [0.05, 0.1) is 0 Å².